The van der Waals surface area contributed by atoms with E-state index in [0.29, 0.717) is 0 Å². The smallest absolute Gasteiger partial charge is 0.0969 e. The van der Waals surface area contributed by atoms with Crippen LogP contribution in [0.1, 0.15) is 22.4 Å². The summed E-state index contributed by atoms with van der Waals surface area (Å²) in [5.74, 6) is 0. The molecule has 3 rings (SSSR count). The Morgan fingerprint density at radius 3 is 2.33 bits per heavy atom. The molecule has 90 valence electrons. The van der Waals surface area contributed by atoms with Crippen molar-refractivity contribution >= 4 is 21.8 Å². The minimum Gasteiger partial charge on any atom is -0.254 e. The van der Waals surface area contributed by atoms with Crippen LogP contribution in [0.2, 0.25) is 0 Å². The first kappa shape index (κ1) is 11.1. The van der Waals surface area contributed by atoms with E-state index in [1.54, 1.807) is 0 Å². The van der Waals surface area contributed by atoms with E-state index in [2.05, 4.69) is 50.9 Å². The molecule has 1 aromatic carbocycles. The van der Waals surface area contributed by atoms with Crippen LogP contribution in [0.25, 0.3) is 21.8 Å². The van der Waals surface area contributed by atoms with Gasteiger partial charge in [0.1, 0.15) is 0 Å². The van der Waals surface area contributed by atoms with Gasteiger partial charge in [0, 0.05) is 22.7 Å². The quantitative estimate of drug-likeness (QED) is 0.551. The predicted molar refractivity (Wildman–Crippen MR) is 76.0 cm³/mol. The molecule has 0 aliphatic heterocycles. The highest BCUT2D eigenvalue weighted by molar-refractivity contribution is 6.05. The van der Waals surface area contributed by atoms with Crippen molar-refractivity contribution in [3.05, 3.63) is 46.8 Å². The molecule has 0 amide bonds. The largest absolute Gasteiger partial charge is 0.254 e. The van der Waals surface area contributed by atoms with Crippen molar-refractivity contribution < 1.29 is 0 Å². The Kier molecular flexibility index (Phi) is 2.34. The maximum Gasteiger partial charge on any atom is 0.0969 e. The zero-order valence-electron chi connectivity index (χ0n) is 11.2. The summed E-state index contributed by atoms with van der Waals surface area (Å²) in [5.41, 5.74) is 6.88. The molecular weight excluding hydrogens is 220 g/mol. The molecular formula is C16H16N2. The van der Waals surface area contributed by atoms with Gasteiger partial charge < -0.3 is 0 Å². The van der Waals surface area contributed by atoms with Crippen LogP contribution >= 0.6 is 0 Å². The highest BCUT2D eigenvalue weighted by Crippen LogP contribution is 2.28. The summed E-state index contributed by atoms with van der Waals surface area (Å²) in [6.07, 6.45) is 1.87. The van der Waals surface area contributed by atoms with Gasteiger partial charge in [0.2, 0.25) is 0 Å². The van der Waals surface area contributed by atoms with Crippen molar-refractivity contribution in [2.75, 3.05) is 0 Å². The molecule has 0 aliphatic carbocycles. The zero-order valence-corrected chi connectivity index (χ0v) is 11.2. The van der Waals surface area contributed by atoms with Gasteiger partial charge in [-0.2, -0.15) is 0 Å². The number of rotatable bonds is 0. The van der Waals surface area contributed by atoms with Crippen LogP contribution in [-0.2, 0) is 0 Å². The summed E-state index contributed by atoms with van der Waals surface area (Å²) < 4.78 is 0. The molecule has 2 aromatic heterocycles. The minimum absolute atomic E-state index is 1.02. The molecule has 0 radical (unpaired) electrons. The summed E-state index contributed by atoms with van der Waals surface area (Å²) >= 11 is 0. The lowest BCUT2D eigenvalue weighted by Gasteiger charge is -2.10. The summed E-state index contributed by atoms with van der Waals surface area (Å²) in [6, 6.07) is 6.47. The number of hydrogen-bond acceptors (Lipinski definition) is 2. The number of hydrogen-bond donors (Lipinski definition) is 0. The summed E-state index contributed by atoms with van der Waals surface area (Å²) in [4.78, 5) is 9.26. The standard InChI is InChI=1S/C16H16N2/c1-9-5-6-17-16-14(9)11(3)8-13-7-10(2)12(4)18-15(13)16/h5-8H,1-4H3. The van der Waals surface area contributed by atoms with E-state index in [-0.39, 0.29) is 0 Å². The van der Waals surface area contributed by atoms with Crippen LogP contribution < -0.4 is 0 Å². The Morgan fingerprint density at radius 2 is 1.56 bits per heavy atom. The van der Waals surface area contributed by atoms with Crippen molar-refractivity contribution in [2.24, 2.45) is 0 Å². The van der Waals surface area contributed by atoms with E-state index in [1.165, 1.54) is 27.5 Å². The summed E-state index contributed by atoms with van der Waals surface area (Å²) in [6.45, 7) is 8.43. The number of aromatic nitrogens is 2. The Balaban J connectivity index is 2.61. The van der Waals surface area contributed by atoms with E-state index in [4.69, 9.17) is 4.98 Å². The summed E-state index contributed by atoms with van der Waals surface area (Å²) in [5, 5.41) is 2.42. The maximum atomic E-state index is 4.72. The van der Waals surface area contributed by atoms with Gasteiger partial charge in [-0.25, -0.2) is 0 Å². The van der Waals surface area contributed by atoms with E-state index in [1.807, 2.05) is 6.20 Å². The Labute approximate surface area is 107 Å². The highest BCUT2D eigenvalue weighted by atomic mass is 14.7. The van der Waals surface area contributed by atoms with Gasteiger partial charge in [0.25, 0.3) is 0 Å². The van der Waals surface area contributed by atoms with E-state index >= 15 is 0 Å². The number of fused-ring (bicyclic) bond motifs is 3. The lowest BCUT2D eigenvalue weighted by molar-refractivity contribution is 1.19. The second kappa shape index (κ2) is 3.77. The average Bonchev–Trinajstić information content (AvgIpc) is 2.32. The molecule has 0 saturated heterocycles. The SMILES string of the molecule is Cc1cc2cc(C)c3c(C)ccnc3c2nc1C. The number of benzene rings is 1. The fourth-order valence-electron chi connectivity index (χ4n) is 2.57. The van der Waals surface area contributed by atoms with Crippen LogP contribution in [-0.4, -0.2) is 9.97 Å². The van der Waals surface area contributed by atoms with Gasteiger partial charge in [-0.05, 0) is 62.6 Å². The van der Waals surface area contributed by atoms with Gasteiger partial charge in [-0.15, -0.1) is 0 Å². The zero-order chi connectivity index (χ0) is 12.9. The normalized spacial score (nSPS) is 11.3. The van der Waals surface area contributed by atoms with Crippen molar-refractivity contribution in [2.45, 2.75) is 27.7 Å². The number of aryl methyl sites for hydroxylation is 4. The minimum atomic E-state index is 1.02. The molecule has 3 aromatic rings. The van der Waals surface area contributed by atoms with Gasteiger partial charge in [0.05, 0.1) is 11.0 Å². The first-order valence-corrected chi connectivity index (χ1v) is 6.21. The molecule has 2 nitrogen and oxygen atoms in total. The van der Waals surface area contributed by atoms with E-state index in [0.717, 1.165) is 16.7 Å². The molecule has 2 heterocycles. The first-order valence-electron chi connectivity index (χ1n) is 6.21. The molecule has 0 fully saturated rings. The molecule has 0 unspecified atom stereocenters. The lowest BCUT2D eigenvalue weighted by Crippen LogP contribution is -1.94. The monoisotopic (exact) mass is 236 g/mol. The van der Waals surface area contributed by atoms with Crippen LogP contribution in [0.15, 0.2) is 24.4 Å². The maximum absolute atomic E-state index is 4.72. The highest BCUT2D eigenvalue weighted by Gasteiger charge is 2.09. The predicted octanol–water partition coefficient (Wildman–Crippen LogP) is 4.02. The van der Waals surface area contributed by atoms with Crippen LogP contribution in [0.3, 0.4) is 0 Å². The average molecular weight is 236 g/mol. The third kappa shape index (κ3) is 1.49. The fourth-order valence-corrected chi connectivity index (χ4v) is 2.57. The Bertz CT molecular complexity index is 773. The second-order valence-corrected chi connectivity index (χ2v) is 5.01. The van der Waals surface area contributed by atoms with E-state index < -0.39 is 0 Å². The van der Waals surface area contributed by atoms with Crippen LogP contribution in [0.4, 0.5) is 0 Å². The molecule has 18 heavy (non-hydrogen) atoms. The lowest BCUT2D eigenvalue weighted by atomic mass is 10.0. The van der Waals surface area contributed by atoms with Gasteiger partial charge in [-0.3, -0.25) is 9.97 Å². The van der Waals surface area contributed by atoms with Gasteiger partial charge >= 0.3 is 0 Å². The van der Waals surface area contributed by atoms with Crippen LogP contribution in [0.5, 0.6) is 0 Å². The van der Waals surface area contributed by atoms with Crippen molar-refractivity contribution in [1.29, 1.82) is 0 Å². The molecule has 0 spiro atoms. The molecule has 0 aliphatic rings. The molecule has 2 heteroatoms. The molecule has 0 N–H and O–H groups in total. The van der Waals surface area contributed by atoms with Crippen LogP contribution in [0, 0.1) is 27.7 Å². The van der Waals surface area contributed by atoms with E-state index in [9.17, 15) is 0 Å². The Hall–Kier alpha value is -1.96. The third-order valence-corrected chi connectivity index (χ3v) is 3.65. The first-order chi connectivity index (χ1) is 8.58. The van der Waals surface area contributed by atoms with Crippen molar-refractivity contribution in [1.82, 2.24) is 9.97 Å². The molecule has 0 bridgehead atoms. The topological polar surface area (TPSA) is 25.8 Å². The number of pyridine rings is 2. The molecule has 0 saturated carbocycles. The summed E-state index contributed by atoms with van der Waals surface area (Å²) in [7, 11) is 0. The second-order valence-electron chi connectivity index (χ2n) is 5.01. The van der Waals surface area contributed by atoms with Gasteiger partial charge in [-0.1, -0.05) is 0 Å². The molecule has 0 atom stereocenters. The van der Waals surface area contributed by atoms with Gasteiger partial charge in [0.15, 0.2) is 0 Å². The van der Waals surface area contributed by atoms with Crippen molar-refractivity contribution in [3.8, 4) is 0 Å². The number of nitrogens with zero attached hydrogens (tertiary/aromatic N) is 2. The third-order valence-electron chi connectivity index (χ3n) is 3.65. The van der Waals surface area contributed by atoms with Crippen molar-refractivity contribution in [3.63, 3.8) is 0 Å². The fraction of sp³-hybridized carbons (Fsp3) is 0.250. The Morgan fingerprint density at radius 1 is 0.833 bits per heavy atom.